The fourth-order valence-corrected chi connectivity index (χ4v) is 4.16. The highest BCUT2D eigenvalue weighted by Gasteiger charge is 2.30. The summed E-state index contributed by atoms with van der Waals surface area (Å²) in [6, 6.07) is 2.72. The van der Waals surface area contributed by atoms with Gasteiger partial charge in [-0.1, -0.05) is 20.8 Å². The highest BCUT2D eigenvalue weighted by molar-refractivity contribution is 9.10. The molecule has 2 rings (SSSR count). The van der Waals surface area contributed by atoms with Crippen LogP contribution in [0.1, 0.15) is 43.4 Å². The van der Waals surface area contributed by atoms with Crippen LogP contribution in [-0.4, -0.2) is 29.9 Å². The van der Waals surface area contributed by atoms with Crippen molar-refractivity contribution in [1.29, 1.82) is 0 Å². The predicted molar refractivity (Wildman–Crippen MR) is 92.7 cm³/mol. The lowest BCUT2D eigenvalue weighted by Gasteiger charge is -2.36. The maximum Gasteiger partial charge on any atom is 0.227 e. The monoisotopic (exact) mass is 372 g/mol. The second kappa shape index (κ2) is 6.80. The molecule has 0 spiro atoms. The van der Waals surface area contributed by atoms with Crippen LogP contribution in [0.3, 0.4) is 0 Å². The van der Waals surface area contributed by atoms with E-state index < -0.39 is 0 Å². The van der Waals surface area contributed by atoms with E-state index in [0.29, 0.717) is 6.04 Å². The summed E-state index contributed by atoms with van der Waals surface area (Å²) >= 11 is 5.40. The topological polar surface area (TPSA) is 32.3 Å². The largest absolute Gasteiger partial charge is 0.342 e. The molecule has 5 heteroatoms. The van der Waals surface area contributed by atoms with Gasteiger partial charge in [0.1, 0.15) is 0 Å². The fourth-order valence-electron chi connectivity index (χ4n) is 2.61. The Balaban J connectivity index is 1.78. The summed E-state index contributed by atoms with van der Waals surface area (Å²) in [5, 5.41) is 3.63. The molecule has 1 aliphatic heterocycles. The number of carbonyl (C=O) groups excluding carboxylic acids is 1. The van der Waals surface area contributed by atoms with Crippen LogP contribution in [0.5, 0.6) is 0 Å². The minimum Gasteiger partial charge on any atom is -0.342 e. The molecule has 1 fully saturated rings. The Bertz CT molecular complexity index is 479. The van der Waals surface area contributed by atoms with Crippen LogP contribution < -0.4 is 5.32 Å². The average Bonchev–Trinajstić information content (AvgIpc) is 2.74. The van der Waals surface area contributed by atoms with Gasteiger partial charge in [0.15, 0.2) is 0 Å². The Kier molecular flexibility index (Phi) is 5.49. The third-order valence-corrected chi connectivity index (χ3v) is 6.03. The summed E-state index contributed by atoms with van der Waals surface area (Å²) in [6.45, 7) is 10.8. The standard InChI is InChI=1S/C16H25BrN2OS/c1-11-14(17)9-13(21-11)10-18-12-5-7-19(8-6-12)15(20)16(2,3)4/h9,12,18H,5-8,10H2,1-4H3. The number of hydrogen-bond donors (Lipinski definition) is 1. The lowest BCUT2D eigenvalue weighted by Crippen LogP contribution is -2.48. The molecule has 1 amide bonds. The van der Waals surface area contributed by atoms with Crippen molar-refractivity contribution in [3.8, 4) is 0 Å². The number of nitrogens with one attached hydrogen (secondary N) is 1. The van der Waals surface area contributed by atoms with E-state index in [4.69, 9.17) is 0 Å². The number of likely N-dealkylation sites (tertiary alicyclic amines) is 1. The van der Waals surface area contributed by atoms with Crippen LogP contribution in [0.4, 0.5) is 0 Å². The van der Waals surface area contributed by atoms with E-state index >= 15 is 0 Å². The highest BCUT2D eigenvalue weighted by Crippen LogP contribution is 2.26. The molecule has 0 radical (unpaired) electrons. The molecular formula is C16H25BrN2OS. The molecular weight excluding hydrogens is 348 g/mol. The number of aryl methyl sites for hydroxylation is 1. The number of thiophene rings is 1. The third-order valence-electron chi connectivity index (χ3n) is 3.90. The lowest BCUT2D eigenvalue weighted by molar-refractivity contribution is -0.140. The summed E-state index contributed by atoms with van der Waals surface area (Å²) < 4.78 is 1.20. The van der Waals surface area contributed by atoms with E-state index in [9.17, 15) is 4.79 Å². The summed E-state index contributed by atoms with van der Waals surface area (Å²) in [4.78, 5) is 17.0. The van der Waals surface area contributed by atoms with Crippen molar-refractivity contribution >= 4 is 33.2 Å². The van der Waals surface area contributed by atoms with Crippen molar-refractivity contribution in [1.82, 2.24) is 10.2 Å². The van der Waals surface area contributed by atoms with Gasteiger partial charge in [0.25, 0.3) is 0 Å². The predicted octanol–water partition coefficient (Wildman–Crippen LogP) is 3.95. The Morgan fingerprint density at radius 3 is 2.52 bits per heavy atom. The smallest absolute Gasteiger partial charge is 0.227 e. The van der Waals surface area contributed by atoms with Crippen molar-refractivity contribution in [2.24, 2.45) is 5.41 Å². The molecule has 0 bridgehead atoms. The number of amides is 1. The molecule has 2 heterocycles. The van der Waals surface area contributed by atoms with Crippen molar-refractivity contribution in [2.75, 3.05) is 13.1 Å². The second-order valence-corrected chi connectivity index (χ2v) is 9.01. The number of hydrogen-bond acceptors (Lipinski definition) is 3. The van der Waals surface area contributed by atoms with Gasteiger partial charge in [0.2, 0.25) is 5.91 Å². The second-order valence-electron chi connectivity index (χ2n) is 6.81. The molecule has 1 saturated heterocycles. The first-order valence-corrected chi connectivity index (χ1v) is 9.16. The summed E-state index contributed by atoms with van der Waals surface area (Å²) in [5.41, 5.74) is -0.263. The van der Waals surface area contributed by atoms with E-state index in [1.54, 1.807) is 0 Å². The van der Waals surface area contributed by atoms with Crippen LogP contribution in [0.2, 0.25) is 0 Å². The molecule has 1 aromatic heterocycles. The van der Waals surface area contributed by atoms with Gasteiger partial charge >= 0.3 is 0 Å². The normalized spacial score (nSPS) is 17.3. The van der Waals surface area contributed by atoms with E-state index in [0.717, 1.165) is 32.5 Å². The van der Waals surface area contributed by atoms with Crippen LogP contribution in [0.15, 0.2) is 10.5 Å². The molecule has 118 valence electrons. The first-order valence-electron chi connectivity index (χ1n) is 7.55. The van der Waals surface area contributed by atoms with E-state index in [1.165, 1.54) is 14.2 Å². The van der Waals surface area contributed by atoms with Crippen molar-refractivity contribution in [3.05, 3.63) is 20.3 Å². The average molecular weight is 373 g/mol. The van der Waals surface area contributed by atoms with Crippen molar-refractivity contribution in [2.45, 2.75) is 53.1 Å². The van der Waals surface area contributed by atoms with Crippen LogP contribution in [0, 0.1) is 12.3 Å². The first kappa shape index (κ1) is 17.0. The molecule has 0 atom stereocenters. The van der Waals surface area contributed by atoms with Crippen LogP contribution >= 0.6 is 27.3 Å². The summed E-state index contributed by atoms with van der Waals surface area (Å²) in [5.74, 6) is 0.277. The van der Waals surface area contributed by atoms with Gasteiger partial charge in [0, 0.05) is 45.3 Å². The maximum absolute atomic E-state index is 12.2. The third kappa shape index (κ3) is 4.54. The molecule has 0 unspecified atom stereocenters. The van der Waals surface area contributed by atoms with Gasteiger partial charge < -0.3 is 10.2 Å². The van der Waals surface area contributed by atoms with Crippen molar-refractivity contribution in [3.63, 3.8) is 0 Å². The number of piperidine rings is 1. The molecule has 0 saturated carbocycles. The first-order chi connectivity index (χ1) is 9.77. The van der Waals surface area contributed by atoms with E-state index in [-0.39, 0.29) is 11.3 Å². The number of nitrogens with zero attached hydrogens (tertiary/aromatic N) is 1. The minimum atomic E-state index is -0.263. The number of carbonyl (C=O) groups is 1. The molecule has 0 aliphatic carbocycles. The lowest BCUT2D eigenvalue weighted by atomic mass is 9.93. The van der Waals surface area contributed by atoms with E-state index in [2.05, 4.69) is 34.2 Å². The zero-order valence-corrected chi connectivity index (χ0v) is 15.7. The molecule has 3 nitrogen and oxygen atoms in total. The summed E-state index contributed by atoms with van der Waals surface area (Å²) in [7, 11) is 0. The summed E-state index contributed by atoms with van der Waals surface area (Å²) in [6.07, 6.45) is 2.10. The highest BCUT2D eigenvalue weighted by atomic mass is 79.9. The zero-order valence-electron chi connectivity index (χ0n) is 13.3. The Labute approximate surface area is 140 Å². The minimum absolute atomic E-state index is 0.263. The van der Waals surface area contributed by atoms with Gasteiger partial charge in [-0.25, -0.2) is 0 Å². The maximum atomic E-state index is 12.2. The van der Waals surface area contributed by atoms with Gasteiger partial charge in [0.05, 0.1) is 0 Å². The van der Waals surface area contributed by atoms with Gasteiger partial charge in [-0.3, -0.25) is 4.79 Å². The van der Waals surface area contributed by atoms with Crippen LogP contribution in [-0.2, 0) is 11.3 Å². The van der Waals surface area contributed by atoms with E-state index in [1.807, 2.05) is 37.0 Å². The number of halogens is 1. The Hall–Kier alpha value is -0.390. The molecule has 1 aromatic rings. The Morgan fingerprint density at radius 1 is 1.43 bits per heavy atom. The molecule has 21 heavy (non-hydrogen) atoms. The Morgan fingerprint density at radius 2 is 2.05 bits per heavy atom. The fraction of sp³-hybridized carbons (Fsp3) is 0.688. The van der Waals surface area contributed by atoms with Crippen LogP contribution in [0.25, 0.3) is 0 Å². The quantitative estimate of drug-likeness (QED) is 0.870. The zero-order chi connectivity index (χ0) is 15.6. The molecule has 1 aliphatic rings. The van der Waals surface area contributed by atoms with Crippen molar-refractivity contribution < 1.29 is 4.79 Å². The molecule has 1 N–H and O–H groups in total. The van der Waals surface area contributed by atoms with Gasteiger partial charge in [-0.15, -0.1) is 11.3 Å². The number of rotatable bonds is 3. The SMILES string of the molecule is Cc1sc(CNC2CCN(C(=O)C(C)(C)C)CC2)cc1Br. The molecule has 0 aromatic carbocycles. The van der Waals surface area contributed by atoms with Gasteiger partial charge in [-0.2, -0.15) is 0 Å². The van der Waals surface area contributed by atoms with Gasteiger partial charge in [-0.05, 0) is 41.8 Å².